The molecule has 0 atom stereocenters. The number of anilines is 2. The molecule has 0 unspecified atom stereocenters. The summed E-state index contributed by atoms with van der Waals surface area (Å²) in [5.41, 5.74) is 2.08. The normalized spacial score (nSPS) is 14.4. The smallest absolute Gasteiger partial charge is 0.225 e. The van der Waals surface area contributed by atoms with Crippen molar-refractivity contribution in [3.8, 4) is 5.69 Å². The Hall–Kier alpha value is -3.00. The number of ether oxygens (including phenoxy) is 1. The molecule has 26 heavy (non-hydrogen) atoms. The summed E-state index contributed by atoms with van der Waals surface area (Å²) < 4.78 is 21.4. The molecule has 0 radical (unpaired) electrons. The van der Waals surface area contributed by atoms with Crippen LogP contribution in [0.15, 0.2) is 49.2 Å². The molecule has 2 aromatic heterocycles. The van der Waals surface area contributed by atoms with E-state index in [1.165, 1.54) is 6.20 Å². The molecular weight excluding hydrogens is 335 g/mol. The van der Waals surface area contributed by atoms with Crippen molar-refractivity contribution < 1.29 is 9.13 Å². The molecule has 3 heterocycles. The summed E-state index contributed by atoms with van der Waals surface area (Å²) in [6.07, 6.45) is 6.59. The van der Waals surface area contributed by atoms with Gasteiger partial charge in [0.25, 0.3) is 0 Å². The van der Waals surface area contributed by atoms with Crippen molar-refractivity contribution in [3.63, 3.8) is 0 Å². The monoisotopic (exact) mass is 354 g/mol. The highest BCUT2D eigenvalue weighted by Gasteiger charge is 2.18. The highest BCUT2D eigenvalue weighted by molar-refractivity contribution is 5.46. The number of hydrogen-bond acceptors (Lipinski definition) is 6. The summed E-state index contributed by atoms with van der Waals surface area (Å²) in [6.45, 7) is 2.91. The van der Waals surface area contributed by atoms with Crippen LogP contribution in [0, 0.1) is 5.82 Å². The highest BCUT2D eigenvalue weighted by atomic mass is 19.1. The second kappa shape index (κ2) is 7.49. The van der Waals surface area contributed by atoms with Gasteiger partial charge in [-0.15, -0.1) is 0 Å². The second-order valence-corrected chi connectivity index (χ2v) is 5.92. The fourth-order valence-corrected chi connectivity index (χ4v) is 2.93. The minimum absolute atomic E-state index is 0.314. The number of benzene rings is 1. The van der Waals surface area contributed by atoms with Gasteiger partial charge in [0, 0.05) is 32.0 Å². The molecule has 1 aliphatic rings. The first-order valence-electron chi connectivity index (χ1n) is 8.46. The lowest BCUT2D eigenvalue weighted by molar-refractivity contribution is 0.122. The molecule has 0 amide bonds. The Morgan fingerprint density at radius 1 is 1.19 bits per heavy atom. The lowest BCUT2D eigenvalue weighted by Gasteiger charge is -2.28. The average Bonchev–Trinajstić information content (AvgIpc) is 3.23. The van der Waals surface area contributed by atoms with E-state index in [-0.39, 0.29) is 0 Å². The number of nitrogens with zero attached hydrogens (tertiary/aromatic N) is 5. The van der Waals surface area contributed by atoms with Gasteiger partial charge < -0.3 is 19.5 Å². The Bertz CT molecular complexity index is 864. The summed E-state index contributed by atoms with van der Waals surface area (Å²) in [4.78, 5) is 14.4. The van der Waals surface area contributed by atoms with Crippen LogP contribution in [0.1, 0.15) is 5.56 Å². The van der Waals surface area contributed by atoms with Gasteiger partial charge in [0.05, 0.1) is 31.4 Å². The Morgan fingerprint density at radius 3 is 2.85 bits per heavy atom. The third kappa shape index (κ3) is 3.50. The second-order valence-electron chi connectivity index (χ2n) is 5.92. The van der Waals surface area contributed by atoms with Gasteiger partial charge in [-0.2, -0.15) is 4.98 Å². The number of rotatable bonds is 5. The van der Waals surface area contributed by atoms with Gasteiger partial charge in [0.2, 0.25) is 5.95 Å². The van der Waals surface area contributed by atoms with Gasteiger partial charge in [-0.25, -0.2) is 14.4 Å². The topological polar surface area (TPSA) is 68.1 Å². The van der Waals surface area contributed by atoms with E-state index in [4.69, 9.17) is 4.74 Å². The molecule has 1 saturated heterocycles. The van der Waals surface area contributed by atoms with Crippen molar-refractivity contribution in [2.24, 2.45) is 0 Å². The number of imidazole rings is 1. The zero-order valence-electron chi connectivity index (χ0n) is 14.2. The Balaban J connectivity index is 1.52. The van der Waals surface area contributed by atoms with Gasteiger partial charge in [0.15, 0.2) is 11.6 Å². The van der Waals surface area contributed by atoms with E-state index in [2.05, 4.69) is 20.3 Å². The maximum atomic E-state index is 14.1. The molecule has 0 saturated carbocycles. The fraction of sp³-hybridized carbons (Fsp3) is 0.278. The molecule has 134 valence electrons. The van der Waals surface area contributed by atoms with E-state index < -0.39 is 5.82 Å². The number of para-hydroxylation sites is 1. The molecule has 4 rings (SSSR count). The molecule has 0 aliphatic carbocycles. The minimum atomic E-state index is -0.420. The van der Waals surface area contributed by atoms with Crippen molar-refractivity contribution in [3.05, 3.63) is 60.6 Å². The first kappa shape index (κ1) is 16.5. The van der Waals surface area contributed by atoms with Crippen molar-refractivity contribution in [1.82, 2.24) is 19.5 Å². The molecular formula is C18H19FN6O. The van der Waals surface area contributed by atoms with Crippen molar-refractivity contribution in [2.45, 2.75) is 6.54 Å². The predicted molar refractivity (Wildman–Crippen MR) is 95.9 cm³/mol. The molecule has 7 nitrogen and oxygen atoms in total. The Morgan fingerprint density at radius 2 is 2.04 bits per heavy atom. The predicted octanol–water partition coefficient (Wildman–Crippen LogP) is 2.25. The molecule has 1 aromatic carbocycles. The van der Waals surface area contributed by atoms with E-state index in [0.29, 0.717) is 44.6 Å². The van der Waals surface area contributed by atoms with Crippen LogP contribution in [-0.2, 0) is 11.3 Å². The summed E-state index contributed by atoms with van der Waals surface area (Å²) >= 11 is 0. The van der Waals surface area contributed by atoms with Crippen LogP contribution < -0.4 is 10.2 Å². The standard InChI is InChI=1S/C18H19FN6O/c19-15-12-22-18(23-17(15)24-7-9-26-10-8-24)21-11-14-3-1-2-4-16(14)25-6-5-20-13-25/h1-6,12-13H,7-11H2,(H,21,22,23). The summed E-state index contributed by atoms with van der Waals surface area (Å²) in [5.74, 6) is 0.290. The number of hydrogen-bond donors (Lipinski definition) is 1. The SMILES string of the molecule is Fc1cnc(NCc2ccccc2-n2ccnc2)nc1N1CCOCC1. The van der Waals surface area contributed by atoms with Crippen LogP contribution in [0.3, 0.4) is 0 Å². The number of halogens is 1. The molecule has 1 fully saturated rings. The van der Waals surface area contributed by atoms with Crippen LogP contribution in [0.4, 0.5) is 16.2 Å². The number of morpholine rings is 1. The maximum absolute atomic E-state index is 14.1. The van der Waals surface area contributed by atoms with Crippen LogP contribution in [0.2, 0.25) is 0 Å². The highest BCUT2D eigenvalue weighted by Crippen LogP contribution is 2.20. The van der Waals surface area contributed by atoms with Crippen molar-refractivity contribution >= 4 is 11.8 Å². The van der Waals surface area contributed by atoms with E-state index in [1.807, 2.05) is 39.9 Å². The first-order valence-corrected chi connectivity index (χ1v) is 8.46. The molecule has 1 aliphatic heterocycles. The van der Waals surface area contributed by atoms with Crippen molar-refractivity contribution in [2.75, 3.05) is 36.5 Å². The van der Waals surface area contributed by atoms with Crippen molar-refractivity contribution in [1.29, 1.82) is 0 Å². The van der Waals surface area contributed by atoms with Crippen LogP contribution >= 0.6 is 0 Å². The first-order chi connectivity index (χ1) is 12.8. The van der Waals surface area contributed by atoms with Gasteiger partial charge in [-0.05, 0) is 11.6 Å². The largest absolute Gasteiger partial charge is 0.378 e. The number of nitrogens with one attached hydrogen (secondary N) is 1. The maximum Gasteiger partial charge on any atom is 0.225 e. The van der Waals surface area contributed by atoms with E-state index in [9.17, 15) is 4.39 Å². The lowest BCUT2D eigenvalue weighted by Crippen LogP contribution is -2.37. The third-order valence-corrected chi connectivity index (χ3v) is 4.25. The molecule has 3 aromatic rings. The quantitative estimate of drug-likeness (QED) is 0.758. The van der Waals surface area contributed by atoms with Gasteiger partial charge in [0.1, 0.15) is 0 Å². The Labute approximate surface area is 150 Å². The van der Waals surface area contributed by atoms with Crippen LogP contribution in [0.5, 0.6) is 0 Å². The van der Waals surface area contributed by atoms with E-state index in [0.717, 1.165) is 11.3 Å². The van der Waals surface area contributed by atoms with E-state index >= 15 is 0 Å². The molecule has 8 heteroatoms. The molecule has 1 N–H and O–H groups in total. The summed E-state index contributed by atoms with van der Waals surface area (Å²) in [7, 11) is 0. The third-order valence-electron chi connectivity index (χ3n) is 4.25. The van der Waals surface area contributed by atoms with Crippen LogP contribution in [-0.4, -0.2) is 45.8 Å². The number of aromatic nitrogens is 4. The van der Waals surface area contributed by atoms with Gasteiger partial charge in [-0.1, -0.05) is 18.2 Å². The van der Waals surface area contributed by atoms with Crippen LogP contribution in [0.25, 0.3) is 5.69 Å². The molecule has 0 spiro atoms. The fourth-order valence-electron chi connectivity index (χ4n) is 2.93. The van der Waals surface area contributed by atoms with E-state index in [1.54, 1.807) is 12.5 Å². The average molecular weight is 354 g/mol. The summed E-state index contributed by atoms with van der Waals surface area (Å²) in [5, 5.41) is 3.19. The zero-order chi connectivity index (χ0) is 17.8. The van der Waals surface area contributed by atoms with Gasteiger partial charge >= 0.3 is 0 Å². The zero-order valence-corrected chi connectivity index (χ0v) is 14.2. The summed E-state index contributed by atoms with van der Waals surface area (Å²) in [6, 6.07) is 7.99. The minimum Gasteiger partial charge on any atom is -0.378 e. The lowest BCUT2D eigenvalue weighted by atomic mass is 10.1. The Kier molecular flexibility index (Phi) is 4.74. The van der Waals surface area contributed by atoms with Gasteiger partial charge in [-0.3, -0.25) is 0 Å². The molecule has 0 bridgehead atoms.